The number of carbonyl (C=O) groups is 1. The smallest absolute Gasteiger partial charge is 0.335 e. The minimum Gasteiger partial charge on any atom is -0.478 e. The summed E-state index contributed by atoms with van der Waals surface area (Å²) in [6, 6.07) is 4.11. The maximum absolute atomic E-state index is 12.8. The molecular weight excluding hydrogens is 332 g/mol. The Morgan fingerprint density at radius 2 is 2.12 bits per heavy atom. The van der Waals surface area contributed by atoms with Crippen LogP contribution in [0.3, 0.4) is 0 Å². The largest absolute Gasteiger partial charge is 0.478 e. The lowest BCUT2D eigenvalue weighted by atomic mass is 10.1. The summed E-state index contributed by atoms with van der Waals surface area (Å²) >= 11 is 0. The summed E-state index contributed by atoms with van der Waals surface area (Å²) in [5, 5.41) is 13.0. The van der Waals surface area contributed by atoms with E-state index in [2.05, 4.69) is 9.88 Å². The lowest BCUT2D eigenvalue weighted by Crippen LogP contribution is -2.17. The third-order valence-electron chi connectivity index (χ3n) is 4.06. The predicted octanol–water partition coefficient (Wildman–Crippen LogP) is 2.92. The van der Waals surface area contributed by atoms with E-state index in [0.29, 0.717) is 29.1 Å². The summed E-state index contributed by atoms with van der Waals surface area (Å²) in [6.45, 7) is 3.48. The Morgan fingerprint density at radius 3 is 2.71 bits per heavy atom. The molecule has 0 atom stereocenters. The Bertz CT molecular complexity index is 897. The summed E-state index contributed by atoms with van der Waals surface area (Å²) < 4.78 is 33.4. The molecule has 128 valence electrons. The molecule has 8 heteroatoms. The van der Waals surface area contributed by atoms with Gasteiger partial charge in [-0.2, -0.15) is 0 Å². The third kappa shape index (κ3) is 3.01. The first-order chi connectivity index (χ1) is 11.3. The molecule has 1 aromatic heterocycles. The molecule has 7 nitrogen and oxygen atoms in total. The quantitative estimate of drug-likeness (QED) is 0.829. The molecule has 0 aliphatic heterocycles. The Balaban J connectivity index is 2.03. The molecule has 0 amide bonds. The van der Waals surface area contributed by atoms with Crippen molar-refractivity contribution in [1.29, 1.82) is 0 Å². The summed E-state index contributed by atoms with van der Waals surface area (Å²) in [5.74, 6) is -0.433. The number of benzene rings is 1. The number of aromatic nitrogens is 1. The minimum atomic E-state index is -3.95. The van der Waals surface area contributed by atoms with E-state index >= 15 is 0 Å². The van der Waals surface area contributed by atoms with E-state index in [9.17, 15) is 13.2 Å². The molecule has 0 saturated heterocycles. The molecule has 24 heavy (non-hydrogen) atoms. The number of hydrogen-bond donors (Lipinski definition) is 2. The van der Waals surface area contributed by atoms with Gasteiger partial charge in [-0.15, -0.1) is 0 Å². The normalized spacial score (nSPS) is 14.6. The first kappa shape index (κ1) is 16.5. The van der Waals surface area contributed by atoms with Gasteiger partial charge >= 0.3 is 5.97 Å². The standard InChI is InChI=1S/C16H18N2O5S/c1-3-10-4-7-12(16(19)20)8-13(10)24(21,22)18-14-9(2)17-23-15(14)11-5-6-11/h4,7-8,11,18H,3,5-6H2,1-2H3,(H,19,20). The van der Waals surface area contributed by atoms with Crippen molar-refractivity contribution in [3.8, 4) is 0 Å². The lowest BCUT2D eigenvalue weighted by molar-refractivity contribution is 0.0696. The number of nitrogens with one attached hydrogen (secondary N) is 1. The van der Waals surface area contributed by atoms with Crippen LogP contribution in [-0.2, 0) is 16.4 Å². The fourth-order valence-electron chi connectivity index (χ4n) is 2.55. The summed E-state index contributed by atoms with van der Waals surface area (Å²) in [5.41, 5.74) is 1.31. The number of sulfonamides is 1. The van der Waals surface area contributed by atoms with E-state index in [1.54, 1.807) is 6.92 Å². The highest BCUT2D eigenvalue weighted by Gasteiger charge is 2.33. The minimum absolute atomic E-state index is 0.0350. The molecule has 1 aliphatic rings. The molecular formula is C16H18N2O5S. The molecule has 0 unspecified atom stereocenters. The predicted molar refractivity (Wildman–Crippen MR) is 86.8 cm³/mol. The number of anilines is 1. The maximum Gasteiger partial charge on any atom is 0.335 e. The highest BCUT2D eigenvalue weighted by atomic mass is 32.2. The zero-order valence-electron chi connectivity index (χ0n) is 13.4. The fourth-order valence-corrected chi connectivity index (χ4v) is 4.02. The van der Waals surface area contributed by atoms with Crippen molar-refractivity contribution in [2.45, 2.75) is 43.9 Å². The molecule has 1 fully saturated rings. The van der Waals surface area contributed by atoms with Gasteiger partial charge < -0.3 is 9.63 Å². The monoisotopic (exact) mass is 350 g/mol. The van der Waals surface area contributed by atoms with Gasteiger partial charge in [-0.3, -0.25) is 4.72 Å². The van der Waals surface area contributed by atoms with Gasteiger partial charge in [-0.25, -0.2) is 13.2 Å². The van der Waals surface area contributed by atoms with Crippen molar-refractivity contribution in [2.24, 2.45) is 0 Å². The van der Waals surface area contributed by atoms with E-state index in [0.717, 1.165) is 12.8 Å². The van der Waals surface area contributed by atoms with Gasteiger partial charge in [-0.05, 0) is 43.9 Å². The van der Waals surface area contributed by atoms with Gasteiger partial charge in [0.25, 0.3) is 10.0 Å². The van der Waals surface area contributed by atoms with Crippen LogP contribution in [0.1, 0.15) is 53.1 Å². The van der Waals surface area contributed by atoms with Crippen LogP contribution in [0.4, 0.5) is 5.69 Å². The molecule has 2 N–H and O–H groups in total. The van der Waals surface area contributed by atoms with E-state index in [1.165, 1.54) is 18.2 Å². The summed E-state index contributed by atoms with van der Waals surface area (Å²) in [7, 11) is -3.95. The van der Waals surface area contributed by atoms with E-state index in [4.69, 9.17) is 9.63 Å². The number of rotatable bonds is 6. The van der Waals surface area contributed by atoms with Crippen molar-refractivity contribution < 1.29 is 22.8 Å². The molecule has 0 radical (unpaired) electrons. The first-order valence-corrected chi connectivity index (χ1v) is 9.17. The SMILES string of the molecule is CCc1ccc(C(=O)O)cc1S(=O)(=O)Nc1c(C)noc1C1CC1. The number of carboxylic acid groups (broad SMARTS) is 1. The molecule has 1 aliphatic carbocycles. The average Bonchev–Trinajstić information content (AvgIpc) is 3.32. The number of hydrogen-bond acceptors (Lipinski definition) is 5. The van der Waals surface area contributed by atoms with Crippen LogP contribution in [0.25, 0.3) is 0 Å². The third-order valence-corrected chi connectivity index (χ3v) is 5.49. The van der Waals surface area contributed by atoms with Gasteiger partial charge in [0, 0.05) is 5.92 Å². The maximum atomic E-state index is 12.8. The molecule has 1 heterocycles. The highest BCUT2D eigenvalue weighted by molar-refractivity contribution is 7.92. The second kappa shape index (κ2) is 5.94. The molecule has 3 rings (SSSR count). The molecule has 1 saturated carbocycles. The van der Waals surface area contributed by atoms with E-state index in [1.807, 2.05) is 6.92 Å². The van der Waals surface area contributed by atoms with Gasteiger partial charge in [0.05, 0.1) is 10.5 Å². The molecule has 2 aromatic rings. The lowest BCUT2D eigenvalue weighted by Gasteiger charge is -2.12. The Kier molecular flexibility index (Phi) is 4.08. The molecule has 1 aromatic carbocycles. The van der Waals surface area contributed by atoms with Gasteiger partial charge in [0.2, 0.25) is 0 Å². The van der Waals surface area contributed by atoms with Crippen molar-refractivity contribution in [1.82, 2.24) is 5.16 Å². The Morgan fingerprint density at radius 1 is 1.42 bits per heavy atom. The van der Waals surface area contributed by atoms with Gasteiger partial charge in [0.15, 0.2) is 5.76 Å². The van der Waals surface area contributed by atoms with Crippen LogP contribution in [-0.4, -0.2) is 24.7 Å². The van der Waals surface area contributed by atoms with Crippen molar-refractivity contribution in [3.05, 3.63) is 40.8 Å². The van der Waals surface area contributed by atoms with Gasteiger partial charge in [-0.1, -0.05) is 18.1 Å². The number of aromatic carboxylic acids is 1. The number of nitrogens with zero attached hydrogens (tertiary/aromatic N) is 1. The van der Waals surface area contributed by atoms with Crippen LogP contribution in [0.15, 0.2) is 27.6 Å². The Labute approximate surface area is 139 Å². The summed E-state index contributed by atoms with van der Waals surface area (Å²) in [4.78, 5) is 11.1. The van der Waals surface area contributed by atoms with Gasteiger partial charge in [0.1, 0.15) is 11.4 Å². The number of carboxylic acids is 1. The van der Waals surface area contributed by atoms with Crippen molar-refractivity contribution in [3.63, 3.8) is 0 Å². The second-order valence-corrected chi connectivity index (χ2v) is 7.52. The zero-order valence-corrected chi connectivity index (χ0v) is 14.2. The zero-order chi connectivity index (χ0) is 17.5. The van der Waals surface area contributed by atoms with E-state index < -0.39 is 16.0 Å². The van der Waals surface area contributed by atoms with Crippen LogP contribution in [0, 0.1) is 6.92 Å². The fraction of sp³-hybridized carbons (Fsp3) is 0.375. The highest BCUT2D eigenvalue weighted by Crippen LogP contribution is 2.44. The van der Waals surface area contributed by atoms with Crippen molar-refractivity contribution >= 4 is 21.7 Å². The topological polar surface area (TPSA) is 110 Å². The van der Waals surface area contributed by atoms with Crippen LogP contribution >= 0.6 is 0 Å². The Hall–Kier alpha value is -2.35. The number of aryl methyl sites for hydroxylation is 2. The van der Waals surface area contributed by atoms with Crippen LogP contribution in [0.5, 0.6) is 0 Å². The van der Waals surface area contributed by atoms with E-state index in [-0.39, 0.29) is 16.4 Å². The second-order valence-electron chi connectivity index (χ2n) is 5.87. The average molecular weight is 350 g/mol. The van der Waals surface area contributed by atoms with Crippen molar-refractivity contribution in [2.75, 3.05) is 4.72 Å². The van der Waals surface area contributed by atoms with Crippen LogP contribution in [0.2, 0.25) is 0 Å². The first-order valence-electron chi connectivity index (χ1n) is 7.68. The molecule has 0 spiro atoms. The summed E-state index contributed by atoms with van der Waals surface area (Å²) in [6.07, 6.45) is 2.35. The van der Waals surface area contributed by atoms with Crippen LogP contribution < -0.4 is 4.72 Å². The molecule has 0 bridgehead atoms.